The summed E-state index contributed by atoms with van der Waals surface area (Å²) in [5.74, 6) is 0.0744. The molecule has 0 aliphatic rings. The highest BCUT2D eigenvalue weighted by molar-refractivity contribution is 7.17. The Labute approximate surface area is 133 Å². The first-order valence-corrected chi connectivity index (χ1v) is 8.13. The van der Waals surface area contributed by atoms with Crippen LogP contribution in [0.3, 0.4) is 0 Å². The summed E-state index contributed by atoms with van der Waals surface area (Å²) in [4.78, 5) is 24.6. The SMILES string of the molecule is Cc1ccccc1C(=O)CCC(=O)c1csc2ccccc12. The van der Waals surface area contributed by atoms with Crippen molar-refractivity contribution in [3.63, 3.8) is 0 Å². The lowest BCUT2D eigenvalue weighted by Crippen LogP contribution is -2.06. The Hall–Kier alpha value is -2.26. The molecule has 2 aromatic carbocycles. The van der Waals surface area contributed by atoms with Crippen LogP contribution >= 0.6 is 11.3 Å². The molecule has 0 saturated heterocycles. The highest BCUT2D eigenvalue weighted by Crippen LogP contribution is 2.27. The number of carbonyl (C=O) groups is 2. The Morgan fingerprint density at radius 2 is 1.50 bits per heavy atom. The Morgan fingerprint density at radius 1 is 0.864 bits per heavy atom. The predicted molar refractivity (Wildman–Crippen MR) is 90.9 cm³/mol. The van der Waals surface area contributed by atoms with Crippen LogP contribution in [0.25, 0.3) is 10.1 Å². The number of ketones is 2. The smallest absolute Gasteiger partial charge is 0.164 e. The van der Waals surface area contributed by atoms with E-state index in [1.807, 2.05) is 60.8 Å². The normalized spacial score (nSPS) is 10.8. The monoisotopic (exact) mass is 308 g/mol. The Bertz CT molecular complexity index is 845. The van der Waals surface area contributed by atoms with E-state index in [-0.39, 0.29) is 24.4 Å². The summed E-state index contributed by atoms with van der Waals surface area (Å²) in [6, 6.07) is 15.4. The number of rotatable bonds is 5. The zero-order chi connectivity index (χ0) is 15.5. The number of fused-ring (bicyclic) bond motifs is 1. The Kier molecular flexibility index (Phi) is 4.16. The van der Waals surface area contributed by atoms with E-state index in [0.717, 1.165) is 21.2 Å². The van der Waals surface area contributed by atoms with Crippen molar-refractivity contribution in [2.75, 3.05) is 0 Å². The third kappa shape index (κ3) is 2.85. The highest BCUT2D eigenvalue weighted by atomic mass is 32.1. The molecule has 3 rings (SSSR count). The third-order valence-electron chi connectivity index (χ3n) is 3.81. The Morgan fingerprint density at radius 3 is 2.27 bits per heavy atom. The lowest BCUT2D eigenvalue weighted by molar-refractivity contribution is 0.0918. The maximum Gasteiger partial charge on any atom is 0.164 e. The Balaban J connectivity index is 1.73. The van der Waals surface area contributed by atoms with Gasteiger partial charge in [-0.1, -0.05) is 42.5 Å². The molecule has 3 aromatic rings. The average molecular weight is 308 g/mol. The van der Waals surface area contributed by atoms with Crippen LogP contribution in [-0.4, -0.2) is 11.6 Å². The van der Waals surface area contributed by atoms with Crippen LogP contribution in [0.2, 0.25) is 0 Å². The lowest BCUT2D eigenvalue weighted by Gasteiger charge is -2.04. The van der Waals surface area contributed by atoms with Gasteiger partial charge in [0.2, 0.25) is 0 Å². The average Bonchev–Trinajstić information content (AvgIpc) is 2.97. The molecular formula is C19H16O2S. The number of Topliss-reactive ketones (excluding diaryl/α,β-unsaturated/α-hetero) is 2. The fraction of sp³-hybridized carbons (Fsp3) is 0.158. The first-order valence-electron chi connectivity index (χ1n) is 7.25. The molecule has 1 heterocycles. The second kappa shape index (κ2) is 6.24. The number of thiophene rings is 1. The summed E-state index contributed by atoms with van der Waals surface area (Å²) >= 11 is 1.57. The van der Waals surface area contributed by atoms with Gasteiger partial charge in [0.15, 0.2) is 11.6 Å². The van der Waals surface area contributed by atoms with Crippen molar-refractivity contribution < 1.29 is 9.59 Å². The van der Waals surface area contributed by atoms with Gasteiger partial charge in [-0.05, 0) is 18.6 Å². The van der Waals surface area contributed by atoms with E-state index < -0.39 is 0 Å². The lowest BCUT2D eigenvalue weighted by atomic mass is 9.98. The third-order valence-corrected chi connectivity index (χ3v) is 4.77. The van der Waals surface area contributed by atoms with Gasteiger partial charge in [-0.25, -0.2) is 0 Å². The first kappa shape index (κ1) is 14.7. The van der Waals surface area contributed by atoms with Crippen molar-refractivity contribution in [2.45, 2.75) is 19.8 Å². The van der Waals surface area contributed by atoms with Gasteiger partial charge < -0.3 is 0 Å². The van der Waals surface area contributed by atoms with Crippen LogP contribution in [0.4, 0.5) is 0 Å². The molecule has 3 heteroatoms. The topological polar surface area (TPSA) is 34.1 Å². The molecule has 0 bridgehead atoms. The van der Waals surface area contributed by atoms with Gasteiger partial charge in [0.1, 0.15) is 0 Å². The van der Waals surface area contributed by atoms with E-state index in [1.54, 1.807) is 11.3 Å². The van der Waals surface area contributed by atoms with Gasteiger partial charge in [0, 0.05) is 39.4 Å². The van der Waals surface area contributed by atoms with E-state index >= 15 is 0 Å². The molecular weight excluding hydrogens is 292 g/mol. The number of aryl methyl sites for hydroxylation is 1. The zero-order valence-corrected chi connectivity index (χ0v) is 13.2. The van der Waals surface area contributed by atoms with Crippen LogP contribution in [0.15, 0.2) is 53.9 Å². The summed E-state index contributed by atoms with van der Waals surface area (Å²) < 4.78 is 1.11. The highest BCUT2D eigenvalue weighted by Gasteiger charge is 2.15. The minimum absolute atomic E-state index is 0.0333. The molecule has 0 saturated carbocycles. The summed E-state index contributed by atoms with van der Waals surface area (Å²) in [5, 5.41) is 2.88. The second-order valence-corrected chi connectivity index (χ2v) is 6.22. The van der Waals surface area contributed by atoms with Gasteiger partial charge in [0.05, 0.1) is 0 Å². The van der Waals surface area contributed by atoms with Crippen molar-refractivity contribution in [3.8, 4) is 0 Å². The van der Waals surface area contributed by atoms with Gasteiger partial charge in [-0.3, -0.25) is 9.59 Å². The standard InChI is InChI=1S/C19H16O2S/c1-13-6-2-3-7-14(13)17(20)10-11-18(21)16-12-22-19-9-5-4-8-15(16)19/h2-9,12H,10-11H2,1H3. The van der Waals surface area contributed by atoms with E-state index in [2.05, 4.69) is 0 Å². The number of hydrogen-bond acceptors (Lipinski definition) is 3. The van der Waals surface area contributed by atoms with Crippen LogP contribution in [-0.2, 0) is 0 Å². The minimum atomic E-state index is 0.0333. The predicted octanol–water partition coefficient (Wildman–Crippen LogP) is 5.06. The van der Waals surface area contributed by atoms with Gasteiger partial charge in [0.25, 0.3) is 0 Å². The van der Waals surface area contributed by atoms with E-state index in [9.17, 15) is 9.59 Å². The second-order valence-electron chi connectivity index (χ2n) is 5.31. The van der Waals surface area contributed by atoms with Gasteiger partial charge in [-0.2, -0.15) is 0 Å². The van der Waals surface area contributed by atoms with Crippen molar-refractivity contribution in [1.82, 2.24) is 0 Å². The van der Waals surface area contributed by atoms with Gasteiger partial charge >= 0.3 is 0 Å². The van der Waals surface area contributed by atoms with Crippen molar-refractivity contribution >= 4 is 33.0 Å². The van der Waals surface area contributed by atoms with Crippen LogP contribution in [0, 0.1) is 6.92 Å². The maximum absolute atomic E-state index is 12.4. The first-order chi connectivity index (χ1) is 10.7. The summed E-state index contributed by atoms with van der Waals surface area (Å²) in [5.41, 5.74) is 2.41. The van der Waals surface area contributed by atoms with Crippen molar-refractivity contribution in [3.05, 3.63) is 70.6 Å². The zero-order valence-electron chi connectivity index (χ0n) is 12.3. The molecule has 0 spiro atoms. The summed E-state index contributed by atoms with van der Waals surface area (Å²) in [6.07, 6.45) is 0.516. The van der Waals surface area contributed by atoms with Crippen LogP contribution in [0.5, 0.6) is 0 Å². The summed E-state index contributed by atoms with van der Waals surface area (Å²) in [6.45, 7) is 1.92. The molecule has 0 atom stereocenters. The maximum atomic E-state index is 12.4. The van der Waals surface area contributed by atoms with Gasteiger partial charge in [-0.15, -0.1) is 11.3 Å². The van der Waals surface area contributed by atoms with E-state index in [4.69, 9.17) is 0 Å². The minimum Gasteiger partial charge on any atom is -0.294 e. The molecule has 110 valence electrons. The molecule has 0 fully saturated rings. The molecule has 0 unspecified atom stereocenters. The van der Waals surface area contributed by atoms with E-state index in [1.165, 1.54) is 0 Å². The molecule has 0 N–H and O–H groups in total. The molecule has 0 aliphatic heterocycles. The number of hydrogen-bond donors (Lipinski definition) is 0. The molecule has 2 nitrogen and oxygen atoms in total. The fourth-order valence-corrected chi connectivity index (χ4v) is 3.54. The van der Waals surface area contributed by atoms with Crippen molar-refractivity contribution in [1.29, 1.82) is 0 Å². The molecule has 0 radical (unpaired) electrons. The molecule has 0 aliphatic carbocycles. The molecule has 22 heavy (non-hydrogen) atoms. The molecule has 0 amide bonds. The largest absolute Gasteiger partial charge is 0.294 e. The number of carbonyl (C=O) groups excluding carboxylic acids is 2. The van der Waals surface area contributed by atoms with E-state index in [0.29, 0.717) is 5.56 Å². The number of benzene rings is 2. The molecule has 1 aromatic heterocycles. The van der Waals surface area contributed by atoms with Crippen LogP contribution in [0.1, 0.15) is 39.1 Å². The summed E-state index contributed by atoms with van der Waals surface area (Å²) in [7, 11) is 0. The van der Waals surface area contributed by atoms with Crippen LogP contribution < -0.4 is 0 Å². The fourth-order valence-electron chi connectivity index (χ4n) is 2.58. The van der Waals surface area contributed by atoms with Crippen molar-refractivity contribution in [2.24, 2.45) is 0 Å². The quantitative estimate of drug-likeness (QED) is 0.618.